The fraction of sp³-hybridized carbons (Fsp3) is 0.0882. The van der Waals surface area contributed by atoms with Crippen molar-refractivity contribution in [1.29, 1.82) is 0 Å². The van der Waals surface area contributed by atoms with Crippen molar-refractivity contribution < 1.29 is 4.42 Å². The van der Waals surface area contributed by atoms with Crippen molar-refractivity contribution >= 4 is 32.8 Å². The molecule has 7 aromatic rings. The summed E-state index contributed by atoms with van der Waals surface area (Å²) < 4.78 is 8.38. The molecule has 0 unspecified atom stereocenters. The first-order valence-corrected chi connectivity index (χ1v) is 12.6. The second kappa shape index (κ2) is 8.21. The van der Waals surface area contributed by atoms with Crippen LogP contribution in [0.5, 0.6) is 0 Å². The molecule has 0 radical (unpaired) electrons. The number of benzene rings is 5. The summed E-state index contributed by atoms with van der Waals surface area (Å²) in [5.74, 6) is 0.887. The normalized spacial score (nSPS) is 11.6. The van der Waals surface area contributed by atoms with Crippen LogP contribution >= 0.6 is 0 Å². The average molecular weight is 479 g/mol. The molecule has 0 spiro atoms. The molecule has 0 bridgehead atoms. The molecule has 0 atom stereocenters. The summed E-state index contributed by atoms with van der Waals surface area (Å²) in [5, 5.41) is 3.45. The van der Waals surface area contributed by atoms with Crippen molar-refractivity contribution in [2.75, 3.05) is 0 Å². The molecule has 0 saturated heterocycles. The van der Waals surface area contributed by atoms with Crippen molar-refractivity contribution in [3.63, 3.8) is 0 Å². The van der Waals surface area contributed by atoms with E-state index in [4.69, 9.17) is 9.40 Å². The minimum atomic E-state index is 0.874. The van der Waals surface area contributed by atoms with E-state index >= 15 is 0 Å². The van der Waals surface area contributed by atoms with Gasteiger partial charge in [-0.2, -0.15) is 0 Å². The number of hydrogen-bond donors (Lipinski definition) is 0. The lowest BCUT2D eigenvalue weighted by molar-refractivity contribution is 0.617. The number of aromatic nitrogens is 2. The quantitative estimate of drug-likeness (QED) is 0.253. The van der Waals surface area contributed by atoms with E-state index in [2.05, 4.69) is 116 Å². The van der Waals surface area contributed by atoms with Crippen molar-refractivity contribution in [3.05, 3.63) is 120 Å². The summed E-state index contributed by atoms with van der Waals surface area (Å²) >= 11 is 0. The van der Waals surface area contributed by atoms with Gasteiger partial charge in [0.2, 0.25) is 0 Å². The van der Waals surface area contributed by atoms with E-state index in [0.717, 1.165) is 39.1 Å². The predicted molar refractivity (Wildman–Crippen MR) is 153 cm³/mol. The molecular formula is C34H26N2O. The molecule has 7 rings (SSSR count). The lowest BCUT2D eigenvalue weighted by Gasteiger charge is -2.16. The van der Waals surface area contributed by atoms with Crippen LogP contribution < -0.4 is 0 Å². The monoisotopic (exact) mass is 478 g/mol. The maximum atomic E-state index is 6.11. The Balaban J connectivity index is 1.48. The van der Waals surface area contributed by atoms with Gasteiger partial charge in [-0.15, -0.1) is 0 Å². The van der Waals surface area contributed by atoms with Gasteiger partial charge in [-0.1, -0.05) is 66.2 Å². The molecule has 0 N–H and O–H groups in total. The van der Waals surface area contributed by atoms with E-state index in [1.54, 1.807) is 0 Å². The minimum Gasteiger partial charge on any atom is -0.464 e. The first-order valence-electron chi connectivity index (χ1n) is 12.6. The molecular weight excluding hydrogens is 452 g/mol. The molecule has 37 heavy (non-hydrogen) atoms. The van der Waals surface area contributed by atoms with Gasteiger partial charge in [0.1, 0.15) is 17.7 Å². The second-order valence-corrected chi connectivity index (χ2v) is 9.93. The Hall–Kier alpha value is -4.63. The van der Waals surface area contributed by atoms with Crippen LogP contribution in [0.25, 0.3) is 61.0 Å². The van der Waals surface area contributed by atoms with Gasteiger partial charge < -0.3 is 4.42 Å². The maximum Gasteiger partial charge on any atom is 0.149 e. The van der Waals surface area contributed by atoms with Crippen LogP contribution in [0.3, 0.4) is 0 Å². The minimum absolute atomic E-state index is 0.874. The zero-order valence-corrected chi connectivity index (χ0v) is 21.1. The molecule has 0 saturated carbocycles. The lowest BCUT2D eigenvalue weighted by atomic mass is 9.95. The summed E-state index contributed by atoms with van der Waals surface area (Å²) in [6.45, 7) is 6.50. The van der Waals surface area contributed by atoms with Gasteiger partial charge >= 0.3 is 0 Å². The number of aryl methyl sites for hydroxylation is 3. The summed E-state index contributed by atoms with van der Waals surface area (Å²) in [6, 6.07) is 34.4. The maximum absolute atomic E-state index is 6.11. The number of furan rings is 1. The Bertz CT molecular complexity index is 1930. The Kier molecular flexibility index (Phi) is 4.80. The van der Waals surface area contributed by atoms with Gasteiger partial charge in [0.25, 0.3) is 0 Å². The van der Waals surface area contributed by atoms with Gasteiger partial charge in [0, 0.05) is 11.1 Å². The summed E-state index contributed by atoms with van der Waals surface area (Å²) in [7, 11) is 0. The Morgan fingerprint density at radius 3 is 2.27 bits per heavy atom. The van der Waals surface area contributed by atoms with Gasteiger partial charge in [-0.05, 0) is 90.2 Å². The van der Waals surface area contributed by atoms with Crippen LogP contribution in [0.15, 0.2) is 108 Å². The highest BCUT2D eigenvalue weighted by atomic mass is 16.3. The van der Waals surface area contributed by atoms with Crippen LogP contribution in [-0.2, 0) is 0 Å². The van der Waals surface area contributed by atoms with Crippen LogP contribution in [0.4, 0.5) is 0 Å². The van der Waals surface area contributed by atoms with E-state index in [1.807, 2.05) is 12.3 Å². The third kappa shape index (κ3) is 3.47. The Labute approximate surface area is 215 Å². The number of hydrogen-bond acceptors (Lipinski definition) is 2. The molecule has 0 fully saturated rings. The zero-order valence-electron chi connectivity index (χ0n) is 21.1. The summed E-state index contributed by atoms with van der Waals surface area (Å²) in [5.41, 5.74) is 11.3. The van der Waals surface area contributed by atoms with E-state index in [0.29, 0.717) is 0 Å². The molecule has 0 amide bonds. The SMILES string of the molecule is Cc1ccc2cc3c(-c4nc5ccccc5n4-c4cc(C)c(-c5ccccc5)c(C)c4)coc3cc2c1. The van der Waals surface area contributed by atoms with Crippen molar-refractivity contribution in [3.8, 4) is 28.2 Å². The highest BCUT2D eigenvalue weighted by Crippen LogP contribution is 2.38. The fourth-order valence-corrected chi connectivity index (χ4v) is 5.66. The molecule has 178 valence electrons. The highest BCUT2D eigenvalue weighted by Gasteiger charge is 2.20. The standard InChI is InChI=1S/C34H26N2O/c1-21-13-14-25-18-28-29(20-37-32(28)19-26(25)15-21)34-35-30-11-7-8-12-31(30)36(34)27-16-22(2)33(23(3)17-27)24-9-5-4-6-10-24/h4-20H,1-3H3. The smallest absolute Gasteiger partial charge is 0.149 e. The molecule has 2 aromatic heterocycles. The van der Waals surface area contributed by atoms with E-state index in [9.17, 15) is 0 Å². The van der Waals surface area contributed by atoms with Crippen molar-refractivity contribution in [1.82, 2.24) is 9.55 Å². The highest BCUT2D eigenvalue weighted by molar-refractivity contribution is 6.03. The fourth-order valence-electron chi connectivity index (χ4n) is 5.66. The van der Waals surface area contributed by atoms with Gasteiger partial charge in [-0.25, -0.2) is 4.98 Å². The number of fused-ring (bicyclic) bond motifs is 3. The van der Waals surface area contributed by atoms with Crippen LogP contribution in [0.2, 0.25) is 0 Å². The van der Waals surface area contributed by atoms with Crippen LogP contribution in [0, 0.1) is 20.8 Å². The first kappa shape index (κ1) is 21.6. The Morgan fingerprint density at radius 1 is 0.703 bits per heavy atom. The topological polar surface area (TPSA) is 31.0 Å². The van der Waals surface area contributed by atoms with E-state index in [-0.39, 0.29) is 0 Å². The van der Waals surface area contributed by atoms with Crippen LogP contribution in [0.1, 0.15) is 16.7 Å². The molecule has 3 nitrogen and oxygen atoms in total. The van der Waals surface area contributed by atoms with Crippen molar-refractivity contribution in [2.45, 2.75) is 20.8 Å². The molecule has 5 aromatic carbocycles. The summed E-state index contributed by atoms with van der Waals surface area (Å²) in [4.78, 5) is 5.12. The average Bonchev–Trinajstić information content (AvgIpc) is 3.48. The van der Waals surface area contributed by atoms with Gasteiger partial charge in [0.15, 0.2) is 0 Å². The lowest BCUT2D eigenvalue weighted by Crippen LogP contribution is -2.00. The second-order valence-electron chi connectivity index (χ2n) is 9.93. The van der Waals surface area contributed by atoms with E-state index < -0.39 is 0 Å². The van der Waals surface area contributed by atoms with Gasteiger partial charge in [0.05, 0.1) is 16.6 Å². The predicted octanol–water partition coefficient (Wildman–Crippen LogP) is 9.18. The molecule has 0 aliphatic rings. The summed E-state index contributed by atoms with van der Waals surface area (Å²) in [6.07, 6.45) is 1.85. The number of para-hydroxylation sites is 2. The molecule has 3 heteroatoms. The number of imidazole rings is 1. The van der Waals surface area contributed by atoms with Crippen molar-refractivity contribution in [2.24, 2.45) is 0 Å². The third-order valence-electron chi connectivity index (χ3n) is 7.33. The first-order chi connectivity index (χ1) is 18.1. The third-order valence-corrected chi connectivity index (χ3v) is 7.33. The number of rotatable bonds is 3. The Morgan fingerprint density at radius 2 is 1.46 bits per heavy atom. The molecule has 0 aliphatic carbocycles. The zero-order chi connectivity index (χ0) is 25.1. The van der Waals surface area contributed by atoms with Gasteiger partial charge in [-0.3, -0.25) is 4.57 Å². The number of nitrogens with zero attached hydrogens (tertiary/aromatic N) is 2. The van der Waals surface area contributed by atoms with Crippen LogP contribution in [-0.4, -0.2) is 9.55 Å². The van der Waals surface area contributed by atoms with E-state index in [1.165, 1.54) is 38.6 Å². The molecule has 2 heterocycles. The largest absolute Gasteiger partial charge is 0.464 e. The molecule has 0 aliphatic heterocycles.